The van der Waals surface area contributed by atoms with Crippen molar-refractivity contribution in [1.29, 1.82) is 0 Å². The van der Waals surface area contributed by atoms with Gasteiger partial charge >= 0.3 is 0 Å². The van der Waals surface area contributed by atoms with Crippen LogP contribution in [0.15, 0.2) is 48.5 Å². The first-order chi connectivity index (χ1) is 11.7. The van der Waals surface area contributed by atoms with Crippen LogP contribution >= 0.6 is 11.3 Å². The summed E-state index contributed by atoms with van der Waals surface area (Å²) in [6.45, 7) is 2.38. The molecule has 0 aliphatic heterocycles. The molecule has 0 saturated carbocycles. The average molecular weight is 339 g/mol. The quantitative estimate of drug-likeness (QED) is 0.691. The van der Waals surface area contributed by atoms with Crippen molar-refractivity contribution in [2.45, 2.75) is 6.92 Å². The zero-order chi connectivity index (χ0) is 16.9. The Morgan fingerprint density at radius 3 is 2.62 bits per heavy atom. The first-order valence-corrected chi connectivity index (χ1v) is 8.31. The van der Waals surface area contributed by atoms with Gasteiger partial charge in [-0.05, 0) is 36.3 Å². The summed E-state index contributed by atoms with van der Waals surface area (Å²) in [7, 11) is 0. The monoisotopic (exact) mass is 339 g/mol. The number of phenolic OH excluding ortho intramolecular Hbond substituents is 1. The van der Waals surface area contributed by atoms with Crippen LogP contribution in [0.1, 0.15) is 23.1 Å². The average Bonchev–Trinajstić information content (AvgIpc) is 3.02. The summed E-state index contributed by atoms with van der Waals surface area (Å²) in [6, 6.07) is 15.2. The molecule has 6 heteroatoms. The Labute approximate surface area is 144 Å². The van der Waals surface area contributed by atoms with E-state index in [4.69, 9.17) is 10.5 Å². The number of phenols is 1. The molecule has 0 spiro atoms. The number of nitrogen functional groups attached to an aromatic ring is 1. The fourth-order valence-corrected chi connectivity index (χ4v) is 2.95. The summed E-state index contributed by atoms with van der Waals surface area (Å²) >= 11 is 1.33. The Hall–Kier alpha value is -2.86. The minimum Gasteiger partial charge on any atom is -0.504 e. The number of hydrogen-bond donors (Lipinski definition) is 2. The molecule has 3 aromatic rings. The molecule has 3 rings (SSSR count). The van der Waals surface area contributed by atoms with Crippen LogP contribution in [0.2, 0.25) is 0 Å². The second-order valence-electron chi connectivity index (χ2n) is 5.03. The van der Waals surface area contributed by atoms with Crippen molar-refractivity contribution in [3.05, 3.63) is 64.7 Å². The Morgan fingerprint density at radius 2 is 2.00 bits per heavy atom. The minimum atomic E-state index is 0.106. The summed E-state index contributed by atoms with van der Waals surface area (Å²) in [6.07, 6.45) is 1.95. The van der Waals surface area contributed by atoms with E-state index in [1.165, 1.54) is 11.3 Å². The number of aromatic hydroxyl groups is 1. The smallest absolute Gasteiger partial charge is 0.203 e. The molecular weight excluding hydrogens is 322 g/mol. The van der Waals surface area contributed by atoms with Gasteiger partial charge in [-0.25, -0.2) is 0 Å². The molecule has 3 N–H and O–H groups in total. The molecule has 24 heavy (non-hydrogen) atoms. The van der Waals surface area contributed by atoms with Crippen LogP contribution in [0.3, 0.4) is 0 Å². The van der Waals surface area contributed by atoms with E-state index in [1.54, 1.807) is 12.1 Å². The molecule has 2 aromatic carbocycles. The van der Waals surface area contributed by atoms with E-state index in [0.717, 1.165) is 21.7 Å². The molecule has 0 radical (unpaired) electrons. The fourth-order valence-electron chi connectivity index (χ4n) is 2.30. The van der Waals surface area contributed by atoms with Crippen LogP contribution in [-0.4, -0.2) is 21.9 Å². The van der Waals surface area contributed by atoms with Crippen molar-refractivity contribution in [2.24, 2.45) is 0 Å². The van der Waals surface area contributed by atoms with E-state index in [1.807, 2.05) is 49.4 Å². The molecule has 0 atom stereocenters. The maximum absolute atomic E-state index is 10.1. The highest BCUT2D eigenvalue weighted by atomic mass is 32.1. The third-order valence-corrected chi connectivity index (χ3v) is 4.14. The number of nitrogens with two attached hydrogens (primary N) is 1. The van der Waals surface area contributed by atoms with Crippen LogP contribution in [0, 0.1) is 0 Å². The zero-order valence-electron chi connectivity index (χ0n) is 13.1. The van der Waals surface area contributed by atoms with Crippen molar-refractivity contribution in [3.8, 4) is 11.5 Å². The molecule has 1 heterocycles. The maximum atomic E-state index is 10.1. The van der Waals surface area contributed by atoms with Gasteiger partial charge in [-0.3, -0.25) is 0 Å². The molecule has 0 bridgehead atoms. The van der Waals surface area contributed by atoms with Gasteiger partial charge in [0, 0.05) is 5.57 Å². The van der Waals surface area contributed by atoms with E-state index in [0.29, 0.717) is 17.5 Å². The van der Waals surface area contributed by atoms with E-state index in [2.05, 4.69) is 10.2 Å². The molecule has 122 valence electrons. The van der Waals surface area contributed by atoms with Crippen LogP contribution in [0.5, 0.6) is 11.5 Å². The van der Waals surface area contributed by atoms with Gasteiger partial charge in [0.05, 0.1) is 6.61 Å². The lowest BCUT2D eigenvalue weighted by Gasteiger charge is -2.08. The van der Waals surface area contributed by atoms with Gasteiger partial charge in [-0.1, -0.05) is 47.7 Å². The molecule has 0 saturated heterocycles. The van der Waals surface area contributed by atoms with E-state index in [-0.39, 0.29) is 5.75 Å². The second-order valence-corrected chi connectivity index (χ2v) is 6.04. The highest BCUT2D eigenvalue weighted by Crippen LogP contribution is 2.32. The summed E-state index contributed by atoms with van der Waals surface area (Å²) in [5.74, 6) is 0.575. The number of rotatable bonds is 5. The Balaban J connectivity index is 2.05. The van der Waals surface area contributed by atoms with Crippen molar-refractivity contribution >= 4 is 28.1 Å². The summed E-state index contributed by atoms with van der Waals surface area (Å²) in [4.78, 5) is 0. The third kappa shape index (κ3) is 3.55. The lowest BCUT2D eigenvalue weighted by molar-refractivity contribution is 0.318. The predicted molar refractivity (Wildman–Crippen MR) is 97.0 cm³/mol. The Kier molecular flexibility index (Phi) is 4.77. The van der Waals surface area contributed by atoms with Crippen molar-refractivity contribution in [1.82, 2.24) is 10.2 Å². The highest BCUT2D eigenvalue weighted by molar-refractivity contribution is 7.16. The predicted octanol–water partition coefficient (Wildman–Crippen LogP) is 3.81. The Morgan fingerprint density at radius 1 is 1.21 bits per heavy atom. The van der Waals surface area contributed by atoms with Crippen LogP contribution in [0.4, 0.5) is 5.13 Å². The maximum Gasteiger partial charge on any atom is 0.203 e. The molecule has 5 nitrogen and oxygen atoms in total. The van der Waals surface area contributed by atoms with Crippen LogP contribution in [0.25, 0.3) is 11.6 Å². The lowest BCUT2D eigenvalue weighted by Crippen LogP contribution is -1.92. The second kappa shape index (κ2) is 7.14. The number of nitrogens with zero attached hydrogens (tertiary/aromatic N) is 2. The molecule has 0 aliphatic rings. The Bertz CT molecular complexity index is 860. The number of ether oxygens (including phenoxy) is 1. The summed E-state index contributed by atoms with van der Waals surface area (Å²) in [5, 5.41) is 19.3. The SMILES string of the molecule is CCOc1ccc(/C=C(\c2ccccc2)c2nnc(N)s2)cc1O. The standard InChI is InChI=1S/C18H17N3O2S/c1-2-23-16-9-8-12(11-15(16)22)10-14(13-6-4-3-5-7-13)17-20-21-18(19)24-17/h3-11,22H,2H2,1H3,(H2,19,21)/b14-10+. The van der Waals surface area contributed by atoms with Gasteiger partial charge in [0.25, 0.3) is 0 Å². The van der Waals surface area contributed by atoms with Crippen LogP contribution in [-0.2, 0) is 0 Å². The van der Waals surface area contributed by atoms with Crippen molar-refractivity contribution in [2.75, 3.05) is 12.3 Å². The largest absolute Gasteiger partial charge is 0.504 e. The van der Waals surface area contributed by atoms with Crippen LogP contribution < -0.4 is 10.5 Å². The first-order valence-electron chi connectivity index (χ1n) is 7.49. The highest BCUT2D eigenvalue weighted by Gasteiger charge is 2.11. The number of anilines is 1. The number of benzene rings is 2. The number of hydrogen-bond acceptors (Lipinski definition) is 6. The van der Waals surface area contributed by atoms with Gasteiger partial charge in [0.15, 0.2) is 11.5 Å². The van der Waals surface area contributed by atoms with Gasteiger partial charge in [-0.2, -0.15) is 0 Å². The molecule has 0 amide bonds. The summed E-state index contributed by atoms with van der Waals surface area (Å²) < 4.78 is 5.36. The molecular formula is C18H17N3O2S. The topological polar surface area (TPSA) is 81.3 Å². The normalized spacial score (nSPS) is 11.5. The van der Waals surface area contributed by atoms with Crippen molar-refractivity contribution in [3.63, 3.8) is 0 Å². The van der Waals surface area contributed by atoms with Crippen molar-refractivity contribution < 1.29 is 9.84 Å². The first kappa shape index (κ1) is 16.0. The third-order valence-electron chi connectivity index (χ3n) is 3.35. The van der Waals surface area contributed by atoms with E-state index < -0.39 is 0 Å². The van der Waals surface area contributed by atoms with E-state index in [9.17, 15) is 5.11 Å². The molecule has 0 fully saturated rings. The number of aromatic nitrogens is 2. The van der Waals surface area contributed by atoms with E-state index >= 15 is 0 Å². The van der Waals surface area contributed by atoms with Gasteiger partial charge in [-0.15, -0.1) is 10.2 Å². The van der Waals surface area contributed by atoms with Gasteiger partial charge in [0.1, 0.15) is 5.01 Å². The fraction of sp³-hybridized carbons (Fsp3) is 0.111. The zero-order valence-corrected chi connectivity index (χ0v) is 14.0. The lowest BCUT2D eigenvalue weighted by atomic mass is 10.0. The van der Waals surface area contributed by atoms with Gasteiger partial charge in [0.2, 0.25) is 5.13 Å². The molecule has 1 aromatic heterocycles. The summed E-state index contributed by atoms with van der Waals surface area (Å²) in [5.41, 5.74) is 8.46. The minimum absolute atomic E-state index is 0.106. The molecule has 0 unspecified atom stereocenters. The molecule has 0 aliphatic carbocycles. The van der Waals surface area contributed by atoms with Gasteiger partial charge < -0.3 is 15.6 Å².